The second kappa shape index (κ2) is 2.49. The Hall–Kier alpha value is -0.350. The van der Waals surface area contributed by atoms with Gasteiger partial charge in [-0.25, -0.2) is 0 Å². The van der Waals surface area contributed by atoms with Crippen molar-refractivity contribution in [2.75, 3.05) is 0 Å². The van der Waals surface area contributed by atoms with Gasteiger partial charge < -0.3 is 0 Å². The Morgan fingerprint density at radius 1 is 1.78 bits per heavy atom. The van der Waals surface area contributed by atoms with Gasteiger partial charge in [0.15, 0.2) is 0 Å². The van der Waals surface area contributed by atoms with Crippen molar-refractivity contribution in [3.05, 3.63) is 27.1 Å². The van der Waals surface area contributed by atoms with E-state index in [0.29, 0.717) is 4.47 Å². The van der Waals surface area contributed by atoms with Crippen LogP contribution in [0.4, 0.5) is 0 Å². The van der Waals surface area contributed by atoms with Gasteiger partial charge in [-0.15, -0.1) is 4.20 Å². The average Bonchev–Trinajstić information content (AvgIpc) is 1.83. The third-order valence-electron chi connectivity index (χ3n) is 0.761. The van der Waals surface area contributed by atoms with E-state index in [2.05, 4.69) is 21.0 Å². The van der Waals surface area contributed by atoms with E-state index in [4.69, 9.17) is 11.8 Å². The van der Waals surface area contributed by atoms with Crippen LogP contribution in [0.2, 0.25) is 0 Å². The van der Waals surface area contributed by atoms with E-state index in [-0.39, 0.29) is 5.56 Å². The fraction of sp³-hybridized carbons (Fsp3) is 0. The number of hydrogen-bond donors (Lipinski definition) is 0. The fourth-order valence-corrected chi connectivity index (χ4v) is 0.899. The van der Waals surface area contributed by atoms with E-state index in [9.17, 15) is 4.79 Å². The highest BCUT2D eigenvalue weighted by Crippen LogP contribution is 1.98. The first kappa shape index (κ1) is 6.77. The minimum absolute atomic E-state index is 0.348. The van der Waals surface area contributed by atoms with E-state index in [0.717, 1.165) is 4.20 Å². The van der Waals surface area contributed by atoms with Gasteiger partial charge in [0.1, 0.15) is 0 Å². The monoisotopic (exact) mass is 208 g/mol. The van der Waals surface area contributed by atoms with Crippen molar-refractivity contribution in [3.63, 3.8) is 0 Å². The maximum absolute atomic E-state index is 10.7. The zero-order valence-electron chi connectivity index (χ0n) is 4.21. The van der Waals surface area contributed by atoms with Crippen molar-refractivity contribution >= 4 is 27.7 Å². The van der Waals surface area contributed by atoms with Gasteiger partial charge in [-0.2, -0.15) is 5.10 Å². The summed E-state index contributed by atoms with van der Waals surface area (Å²) >= 11 is 8.27. The van der Waals surface area contributed by atoms with Crippen molar-refractivity contribution in [2.45, 2.75) is 0 Å². The molecule has 0 radical (unpaired) electrons. The molecule has 0 amide bonds. The second-order valence-electron chi connectivity index (χ2n) is 1.34. The molecular weight excluding hydrogens is 207 g/mol. The van der Waals surface area contributed by atoms with E-state index >= 15 is 0 Å². The molecule has 0 aliphatic rings. The predicted octanol–water partition coefficient (Wildman–Crippen LogP) is 1.01. The molecule has 1 heterocycles. The van der Waals surface area contributed by atoms with Gasteiger partial charge in [0.25, 0.3) is 5.56 Å². The Kier molecular flexibility index (Phi) is 1.87. The van der Waals surface area contributed by atoms with Crippen LogP contribution in [-0.4, -0.2) is 9.30 Å². The molecule has 0 aliphatic carbocycles. The van der Waals surface area contributed by atoms with Crippen LogP contribution in [-0.2, 0) is 0 Å². The molecule has 9 heavy (non-hydrogen) atoms. The zero-order valence-corrected chi connectivity index (χ0v) is 6.56. The first-order chi connectivity index (χ1) is 4.22. The maximum atomic E-state index is 10.7. The van der Waals surface area contributed by atoms with Crippen molar-refractivity contribution in [1.82, 2.24) is 9.30 Å². The van der Waals surface area contributed by atoms with Crippen LogP contribution in [0.15, 0.2) is 21.5 Å². The molecule has 1 rings (SSSR count). The lowest BCUT2D eigenvalue weighted by Crippen LogP contribution is -2.14. The molecule has 0 saturated heterocycles. The Morgan fingerprint density at radius 3 is 2.89 bits per heavy atom. The molecule has 0 aromatic carbocycles. The Labute approximate surface area is 64.5 Å². The largest absolute Gasteiger partial charge is 0.296 e. The molecule has 5 heteroatoms. The standard InChI is InChI=1S/C4H2BrClN2O/c5-3-1-2-7-8(6)4(3)9/h1-2H. The summed E-state index contributed by atoms with van der Waals surface area (Å²) < 4.78 is 1.15. The van der Waals surface area contributed by atoms with Gasteiger partial charge in [-0.3, -0.25) is 4.79 Å². The normalized spacial score (nSPS) is 9.56. The summed E-state index contributed by atoms with van der Waals surface area (Å²) in [6, 6.07) is 1.53. The van der Waals surface area contributed by atoms with Crippen molar-refractivity contribution in [2.24, 2.45) is 0 Å². The second-order valence-corrected chi connectivity index (χ2v) is 2.52. The van der Waals surface area contributed by atoms with Crippen LogP contribution in [0.3, 0.4) is 0 Å². The molecule has 1 aromatic rings. The number of rotatable bonds is 0. The summed E-state index contributed by atoms with van der Waals surface area (Å²) in [4.78, 5) is 10.7. The van der Waals surface area contributed by atoms with Crippen LogP contribution in [0.1, 0.15) is 0 Å². The highest BCUT2D eigenvalue weighted by molar-refractivity contribution is 9.10. The van der Waals surface area contributed by atoms with Gasteiger partial charge in [0.2, 0.25) is 0 Å². The van der Waals surface area contributed by atoms with Crippen LogP contribution in [0.5, 0.6) is 0 Å². The molecule has 3 nitrogen and oxygen atoms in total. The van der Waals surface area contributed by atoms with Gasteiger partial charge >= 0.3 is 0 Å². The topological polar surface area (TPSA) is 34.9 Å². The summed E-state index contributed by atoms with van der Waals surface area (Å²) in [6.45, 7) is 0. The summed E-state index contributed by atoms with van der Waals surface area (Å²) in [6.07, 6.45) is 1.43. The highest BCUT2D eigenvalue weighted by atomic mass is 79.9. The average molecular weight is 209 g/mol. The number of halogens is 2. The minimum Gasteiger partial charge on any atom is -0.265 e. The summed E-state index contributed by atoms with van der Waals surface area (Å²) in [7, 11) is 0. The fourth-order valence-electron chi connectivity index (χ4n) is 0.369. The zero-order chi connectivity index (χ0) is 6.85. The molecule has 0 fully saturated rings. The Morgan fingerprint density at radius 2 is 2.44 bits per heavy atom. The van der Waals surface area contributed by atoms with Crippen LogP contribution < -0.4 is 5.56 Å². The Bertz CT molecular complexity index is 248. The molecule has 0 spiro atoms. The number of aromatic nitrogens is 2. The van der Waals surface area contributed by atoms with Crippen molar-refractivity contribution in [1.29, 1.82) is 0 Å². The minimum atomic E-state index is -0.348. The number of hydrogen-bond acceptors (Lipinski definition) is 2. The summed E-state index contributed by atoms with van der Waals surface area (Å²) in [5.41, 5.74) is -0.348. The van der Waals surface area contributed by atoms with Crippen LogP contribution in [0.25, 0.3) is 0 Å². The molecule has 0 aliphatic heterocycles. The third-order valence-corrected chi connectivity index (χ3v) is 1.61. The molecule has 0 bridgehead atoms. The van der Waals surface area contributed by atoms with Gasteiger partial charge in [0, 0.05) is 11.8 Å². The lowest BCUT2D eigenvalue weighted by atomic mass is 10.6. The molecule has 0 saturated carbocycles. The van der Waals surface area contributed by atoms with E-state index in [1.165, 1.54) is 12.3 Å². The molecule has 48 valence electrons. The molecule has 0 N–H and O–H groups in total. The summed E-state index contributed by atoms with van der Waals surface area (Å²) in [5, 5.41) is 3.48. The number of nitrogens with zero attached hydrogens (tertiary/aromatic N) is 2. The smallest absolute Gasteiger partial charge is 0.265 e. The maximum Gasteiger partial charge on any atom is 0.296 e. The van der Waals surface area contributed by atoms with Gasteiger partial charge in [-0.05, 0) is 22.0 Å². The van der Waals surface area contributed by atoms with Gasteiger partial charge in [0.05, 0.1) is 10.7 Å². The quantitative estimate of drug-likeness (QED) is 0.639. The van der Waals surface area contributed by atoms with E-state index in [1.807, 2.05) is 0 Å². The SMILES string of the molecule is O=c1c(Br)ccnn1Cl. The van der Waals surface area contributed by atoms with E-state index < -0.39 is 0 Å². The van der Waals surface area contributed by atoms with Gasteiger partial charge in [-0.1, -0.05) is 0 Å². The predicted molar refractivity (Wildman–Crippen MR) is 37.4 cm³/mol. The van der Waals surface area contributed by atoms with Crippen LogP contribution in [0, 0.1) is 0 Å². The third kappa shape index (κ3) is 1.31. The summed E-state index contributed by atoms with van der Waals surface area (Å²) in [5.74, 6) is 0. The Balaban J connectivity index is 3.43. The lowest BCUT2D eigenvalue weighted by Gasteiger charge is -1.88. The highest BCUT2D eigenvalue weighted by Gasteiger charge is 1.95. The first-order valence-electron chi connectivity index (χ1n) is 2.12. The lowest BCUT2D eigenvalue weighted by molar-refractivity contribution is 0.894. The molecule has 0 atom stereocenters. The first-order valence-corrected chi connectivity index (χ1v) is 3.25. The molecule has 1 aromatic heterocycles. The van der Waals surface area contributed by atoms with Crippen molar-refractivity contribution < 1.29 is 0 Å². The molecule has 0 unspecified atom stereocenters. The van der Waals surface area contributed by atoms with Crippen LogP contribution >= 0.6 is 27.7 Å². The van der Waals surface area contributed by atoms with Crippen molar-refractivity contribution in [3.8, 4) is 0 Å². The van der Waals surface area contributed by atoms with E-state index in [1.54, 1.807) is 0 Å². The molecular formula is C4H2BrClN2O.